The molecule has 7 nitrogen and oxygen atoms in total. The Labute approximate surface area is 106 Å². The molecule has 1 aromatic carbocycles. The maximum Gasteiger partial charge on any atom is 1.00 e. The molecule has 1 heterocycles. The van der Waals surface area contributed by atoms with Crippen molar-refractivity contribution in [2.75, 3.05) is 0 Å². The minimum Gasteiger partial charge on any atom is -0.282 e. The fraction of sp³-hybridized carbons (Fsp3) is 0. The molecule has 9 heteroatoms. The zero-order valence-electron chi connectivity index (χ0n) is 7.47. The molecule has 0 aliphatic carbocycles. The van der Waals surface area contributed by atoms with Crippen LogP contribution in [0.1, 0.15) is 5.56 Å². The summed E-state index contributed by atoms with van der Waals surface area (Å²) in [7, 11) is -4.49. The molecule has 86 valence electrons. The molecular weight excluding hydrogens is 328 g/mol. The smallest absolute Gasteiger partial charge is 0.282 e. The average Bonchev–Trinajstić information content (AvgIpc) is 2.61. The van der Waals surface area contributed by atoms with Gasteiger partial charge in [-0.3, -0.25) is 4.55 Å². The molecular formula is C7H4AgN4O3S+. The third kappa shape index (κ3) is 1.99. The summed E-state index contributed by atoms with van der Waals surface area (Å²) in [5, 5.41) is 18.1. The van der Waals surface area contributed by atoms with Crippen molar-refractivity contribution in [3.05, 3.63) is 17.7 Å². The number of benzene rings is 1. The van der Waals surface area contributed by atoms with Gasteiger partial charge >= 0.3 is 22.4 Å². The van der Waals surface area contributed by atoms with E-state index in [1.807, 2.05) is 0 Å². The van der Waals surface area contributed by atoms with E-state index in [0.717, 1.165) is 0 Å². The Kier molecular flexibility index (Phi) is 3.47. The number of nitriles is 1. The largest absolute Gasteiger partial charge is 1.00 e. The second kappa shape index (κ2) is 4.33. The van der Waals surface area contributed by atoms with Gasteiger partial charge in [0, 0.05) is 0 Å². The summed E-state index contributed by atoms with van der Waals surface area (Å²) in [6.45, 7) is 0. The van der Waals surface area contributed by atoms with E-state index in [1.165, 1.54) is 12.1 Å². The number of hydrogen-bond donors (Lipinski definition) is 2. The molecule has 0 spiro atoms. The van der Waals surface area contributed by atoms with Crippen LogP contribution in [-0.2, 0) is 32.5 Å². The van der Waals surface area contributed by atoms with E-state index in [9.17, 15) is 8.42 Å². The first-order chi connectivity index (χ1) is 7.04. The molecule has 0 atom stereocenters. The van der Waals surface area contributed by atoms with E-state index < -0.39 is 15.0 Å². The summed E-state index contributed by atoms with van der Waals surface area (Å²) in [5.41, 5.74) is 0.0528. The molecule has 0 saturated carbocycles. The van der Waals surface area contributed by atoms with Gasteiger partial charge in [-0.25, -0.2) is 0 Å². The second-order valence-corrected chi connectivity index (χ2v) is 4.08. The molecule has 2 N–H and O–H groups in total. The van der Waals surface area contributed by atoms with Crippen LogP contribution in [0.25, 0.3) is 11.0 Å². The third-order valence-corrected chi connectivity index (χ3v) is 2.75. The molecule has 0 fully saturated rings. The van der Waals surface area contributed by atoms with E-state index in [0.29, 0.717) is 0 Å². The summed E-state index contributed by atoms with van der Waals surface area (Å²) in [5.74, 6) is 0. The van der Waals surface area contributed by atoms with Crippen molar-refractivity contribution in [3.8, 4) is 6.07 Å². The van der Waals surface area contributed by atoms with Crippen molar-refractivity contribution in [2.45, 2.75) is 4.90 Å². The van der Waals surface area contributed by atoms with E-state index in [4.69, 9.17) is 9.81 Å². The van der Waals surface area contributed by atoms with Crippen LogP contribution in [0.3, 0.4) is 0 Å². The Morgan fingerprint density at radius 3 is 2.62 bits per heavy atom. The van der Waals surface area contributed by atoms with Gasteiger partial charge in [-0.1, -0.05) is 0 Å². The number of fused-ring (bicyclic) bond motifs is 1. The van der Waals surface area contributed by atoms with Crippen LogP contribution in [-0.4, -0.2) is 28.4 Å². The van der Waals surface area contributed by atoms with Gasteiger partial charge in [0.2, 0.25) is 0 Å². The molecule has 0 amide bonds. The Morgan fingerprint density at radius 1 is 1.38 bits per heavy atom. The molecule has 1 aromatic heterocycles. The van der Waals surface area contributed by atoms with Crippen LogP contribution in [0.5, 0.6) is 0 Å². The zero-order chi connectivity index (χ0) is 11.1. The SMILES string of the molecule is N#Cc1ccc2n[nH]nc2c1S(=O)(=O)O.[Ag+]. The van der Waals surface area contributed by atoms with Crippen LogP contribution in [0.2, 0.25) is 0 Å². The molecule has 0 aliphatic rings. The normalized spacial score (nSPS) is 10.8. The van der Waals surface area contributed by atoms with Crippen LogP contribution < -0.4 is 0 Å². The summed E-state index contributed by atoms with van der Waals surface area (Å²) < 4.78 is 31.1. The predicted octanol–water partition coefficient (Wildman–Crippen LogP) is 0.0738. The van der Waals surface area contributed by atoms with Crippen LogP contribution in [0.4, 0.5) is 0 Å². The Balaban J connectivity index is 0.00000128. The van der Waals surface area contributed by atoms with Gasteiger partial charge in [0.05, 0.1) is 5.56 Å². The van der Waals surface area contributed by atoms with Crippen LogP contribution in [0.15, 0.2) is 17.0 Å². The Bertz CT molecular complexity index is 672. The number of H-pyrrole nitrogens is 1. The number of nitrogens with one attached hydrogen (secondary N) is 1. The van der Waals surface area contributed by atoms with Gasteiger partial charge < -0.3 is 0 Å². The molecule has 0 unspecified atom stereocenters. The Morgan fingerprint density at radius 2 is 2.06 bits per heavy atom. The summed E-state index contributed by atoms with van der Waals surface area (Å²) in [6.07, 6.45) is 0. The topological polar surface area (TPSA) is 120 Å². The Hall–Kier alpha value is -1.24. The van der Waals surface area contributed by atoms with Crippen molar-refractivity contribution in [1.82, 2.24) is 15.4 Å². The molecule has 0 aliphatic heterocycles. The summed E-state index contributed by atoms with van der Waals surface area (Å²) >= 11 is 0. The van der Waals surface area contributed by atoms with Gasteiger partial charge in [0.1, 0.15) is 22.0 Å². The van der Waals surface area contributed by atoms with Crippen molar-refractivity contribution in [3.63, 3.8) is 0 Å². The van der Waals surface area contributed by atoms with Crippen molar-refractivity contribution in [2.24, 2.45) is 0 Å². The van der Waals surface area contributed by atoms with E-state index in [-0.39, 0.29) is 39.0 Å². The van der Waals surface area contributed by atoms with E-state index in [1.54, 1.807) is 6.07 Å². The summed E-state index contributed by atoms with van der Waals surface area (Å²) in [6, 6.07) is 4.36. The van der Waals surface area contributed by atoms with Gasteiger partial charge in [-0.2, -0.15) is 29.1 Å². The molecule has 2 rings (SSSR count). The fourth-order valence-corrected chi connectivity index (χ4v) is 2.02. The minimum absolute atomic E-state index is 0. The molecule has 2 aromatic rings. The third-order valence-electron chi connectivity index (χ3n) is 1.82. The van der Waals surface area contributed by atoms with E-state index in [2.05, 4.69) is 15.4 Å². The van der Waals surface area contributed by atoms with Crippen molar-refractivity contribution < 1.29 is 35.4 Å². The van der Waals surface area contributed by atoms with Crippen LogP contribution >= 0.6 is 0 Å². The molecule has 0 radical (unpaired) electrons. The minimum atomic E-state index is -4.49. The first-order valence-electron chi connectivity index (χ1n) is 3.75. The summed E-state index contributed by atoms with van der Waals surface area (Å²) in [4.78, 5) is -0.517. The van der Waals surface area contributed by atoms with Crippen molar-refractivity contribution in [1.29, 1.82) is 5.26 Å². The molecule has 16 heavy (non-hydrogen) atoms. The first kappa shape index (κ1) is 12.8. The number of nitrogens with zero attached hydrogens (tertiary/aromatic N) is 3. The van der Waals surface area contributed by atoms with Gasteiger partial charge in [-0.05, 0) is 12.1 Å². The van der Waals surface area contributed by atoms with Gasteiger partial charge in [-0.15, -0.1) is 0 Å². The maximum absolute atomic E-state index is 11.0. The number of aromatic amines is 1. The van der Waals surface area contributed by atoms with Gasteiger partial charge in [0.25, 0.3) is 10.1 Å². The standard InChI is InChI=1S/C7H4N4O3S.Ag/c8-3-4-1-2-5-6(10-11-9-5)7(4)15(12,13)14;/h1-2H,(H,9,10,11)(H,12,13,14);/q;+1. The zero-order valence-corrected chi connectivity index (χ0v) is 9.77. The monoisotopic (exact) mass is 331 g/mol. The van der Waals surface area contributed by atoms with E-state index >= 15 is 0 Å². The number of hydrogen-bond acceptors (Lipinski definition) is 5. The second-order valence-electron chi connectivity index (χ2n) is 2.72. The van der Waals surface area contributed by atoms with Gasteiger partial charge in [0.15, 0.2) is 0 Å². The molecule has 0 bridgehead atoms. The van der Waals surface area contributed by atoms with Crippen LogP contribution in [0, 0.1) is 11.3 Å². The molecule has 0 saturated heterocycles. The first-order valence-corrected chi connectivity index (χ1v) is 5.19. The number of rotatable bonds is 1. The fourth-order valence-electron chi connectivity index (χ4n) is 1.24. The maximum atomic E-state index is 11.0. The predicted molar refractivity (Wildman–Crippen MR) is 48.4 cm³/mol. The average molecular weight is 332 g/mol. The van der Waals surface area contributed by atoms with Crippen molar-refractivity contribution >= 4 is 21.2 Å². The number of aromatic nitrogens is 3. The quantitative estimate of drug-likeness (QED) is 0.563.